The Bertz CT molecular complexity index is 327. The maximum atomic E-state index is 6.29. The van der Waals surface area contributed by atoms with Gasteiger partial charge in [0.1, 0.15) is 6.10 Å². The van der Waals surface area contributed by atoms with E-state index in [9.17, 15) is 0 Å². The van der Waals surface area contributed by atoms with Gasteiger partial charge < -0.3 is 14.2 Å². The predicted molar refractivity (Wildman–Crippen MR) is 91.9 cm³/mol. The number of hydrogen-bond acceptors (Lipinski definition) is 3. The molecule has 0 spiro atoms. The van der Waals surface area contributed by atoms with Crippen LogP contribution in [0, 0.1) is 22.7 Å². The van der Waals surface area contributed by atoms with Crippen molar-refractivity contribution in [3.8, 4) is 0 Å². The van der Waals surface area contributed by atoms with Gasteiger partial charge in [-0.1, -0.05) is 54.9 Å². The van der Waals surface area contributed by atoms with Gasteiger partial charge in [0.2, 0.25) is 0 Å². The molecule has 132 valence electrons. The summed E-state index contributed by atoms with van der Waals surface area (Å²) in [4.78, 5) is 0. The van der Waals surface area contributed by atoms with Gasteiger partial charge in [-0.2, -0.15) is 0 Å². The first kappa shape index (κ1) is 19.9. The SMILES string of the molecule is CCCCOC1C(OC)OC(C)C(C(C)(C)C)C1C(C)(C)C. The van der Waals surface area contributed by atoms with Crippen molar-refractivity contribution in [1.29, 1.82) is 0 Å². The highest BCUT2D eigenvalue weighted by Gasteiger charge is 2.53. The second kappa shape index (κ2) is 7.63. The lowest BCUT2D eigenvalue weighted by Crippen LogP contribution is -2.59. The standard InChI is InChI=1S/C19H38O3/c1-10-11-12-21-16-15(19(6,7)8)14(18(3,4)5)13(2)22-17(16)20-9/h13-17H,10-12H2,1-9H3. The zero-order valence-corrected chi connectivity index (χ0v) is 16.2. The molecule has 1 aliphatic rings. The molecule has 0 radical (unpaired) electrons. The summed E-state index contributed by atoms with van der Waals surface area (Å²) >= 11 is 0. The third-order valence-corrected chi connectivity index (χ3v) is 4.90. The Kier molecular flexibility index (Phi) is 6.91. The summed E-state index contributed by atoms with van der Waals surface area (Å²) in [5.74, 6) is 0.837. The Labute approximate surface area is 138 Å². The molecule has 0 N–H and O–H groups in total. The molecule has 0 aromatic carbocycles. The maximum Gasteiger partial charge on any atom is 0.183 e. The van der Waals surface area contributed by atoms with Gasteiger partial charge in [0, 0.05) is 19.6 Å². The van der Waals surface area contributed by atoms with Crippen molar-refractivity contribution in [2.45, 2.75) is 86.7 Å². The summed E-state index contributed by atoms with van der Waals surface area (Å²) < 4.78 is 18.1. The molecular formula is C19H38O3. The van der Waals surface area contributed by atoms with Crippen LogP contribution in [-0.4, -0.2) is 32.2 Å². The molecule has 1 fully saturated rings. The number of methoxy groups -OCH3 is 1. The first-order chi connectivity index (χ1) is 10.0. The monoisotopic (exact) mass is 314 g/mol. The molecule has 0 aromatic heterocycles. The minimum atomic E-state index is -0.269. The van der Waals surface area contributed by atoms with Crippen molar-refractivity contribution in [2.75, 3.05) is 13.7 Å². The molecule has 5 unspecified atom stereocenters. The van der Waals surface area contributed by atoms with E-state index in [1.165, 1.54) is 0 Å². The summed E-state index contributed by atoms with van der Waals surface area (Å²) in [7, 11) is 1.73. The van der Waals surface area contributed by atoms with Gasteiger partial charge in [-0.05, 0) is 30.1 Å². The third kappa shape index (κ3) is 4.69. The van der Waals surface area contributed by atoms with Crippen LogP contribution in [0.5, 0.6) is 0 Å². The van der Waals surface area contributed by atoms with Gasteiger partial charge >= 0.3 is 0 Å². The van der Waals surface area contributed by atoms with Crippen molar-refractivity contribution in [2.24, 2.45) is 22.7 Å². The van der Waals surface area contributed by atoms with E-state index in [0.29, 0.717) is 11.8 Å². The molecule has 0 saturated carbocycles. The molecule has 3 nitrogen and oxygen atoms in total. The quantitative estimate of drug-likeness (QED) is 0.676. The fourth-order valence-corrected chi connectivity index (χ4v) is 4.05. The van der Waals surface area contributed by atoms with E-state index in [1.54, 1.807) is 7.11 Å². The predicted octanol–water partition coefficient (Wildman–Crippen LogP) is 4.89. The molecule has 0 aromatic rings. The lowest BCUT2D eigenvalue weighted by atomic mass is 9.59. The van der Waals surface area contributed by atoms with Crippen LogP contribution in [0.25, 0.3) is 0 Å². The van der Waals surface area contributed by atoms with Gasteiger partial charge in [0.15, 0.2) is 6.29 Å². The lowest BCUT2D eigenvalue weighted by molar-refractivity contribution is -0.297. The smallest absolute Gasteiger partial charge is 0.183 e. The Morgan fingerprint density at radius 1 is 0.955 bits per heavy atom. The van der Waals surface area contributed by atoms with Gasteiger partial charge in [-0.3, -0.25) is 0 Å². The van der Waals surface area contributed by atoms with E-state index in [4.69, 9.17) is 14.2 Å². The number of unbranched alkanes of at least 4 members (excludes halogenated alkanes) is 1. The van der Waals surface area contributed by atoms with Gasteiger partial charge in [0.25, 0.3) is 0 Å². The van der Waals surface area contributed by atoms with E-state index in [0.717, 1.165) is 19.4 Å². The maximum absolute atomic E-state index is 6.29. The highest BCUT2D eigenvalue weighted by Crippen LogP contribution is 2.50. The van der Waals surface area contributed by atoms with Gasteiger partial charge in [-0.15, -0.1) is 0 Å². The van der Waals surface area contributed by atoms with Crippen molar-refractivity contribution in [1.82, 2.24) is 0 Å². The zero-order valence-electron chi connectivity index (χ0n) is 16.2. The zero-order chi connectivity index (χ0) is 17.1. The fourth-order valence-electron chi connectivity index (χ4n) is 4.05. The Morgan fingerprint density at radius 3 is 1.91 bits per heavy atom. The lowest BCUT2D eigenvalue weighted by Gasteiger charge is -2.54. The molecule has 22 heavy (non-hydrogen) atoms. The molecule has 0 amide bonds. The Morgan fingerprint density at radius 2 is 1.50 bits per heavy atom. The largest absolute Gasteiger partial charge is 0.373 e. The highest BCUT2D eigenvalue weighted by molar-refractivity contribution is 4.98. The second-order valence-electron chi connectivity index (χ2n) is 8.92. The van der Waals surface area contributed by atoms with Crippen LogP contribution in [0.4, 0.5) is 0 Å². The van der Waals surface area contributed by atoms with Crippen LogP contribution in [-0.2, 0) is 14.2 Å². The van der Waals surface area contributed by atoms with E-state index in [-0.39, 0.29) is 29.3 Å². The third-order valence-electron chi connectivity index (χ3n) is 4.90. The normalized spacial score (nSPS) is 34.0. The van der Waals surface area contributed by atoms with Crippen molar-refractivity contribution >= 4 is 0 Å². The van der Waals surface area contributed by atoms with Crippen LogP contribution in [0.15, 0.2) is 0 Å². The van der Waals surface area contributed by atoms with E-state index in [2.05, 4.69) is 55.4 Å². The highest BCUT2D eigenvalue weighted by atomic mass is 16.7. The molecule has 0 aliphatic carbocycles. The van der Waals surface area contributed by atoms with E-state index < -0.39 is 0 Å². The average molecular weight is 315 g/mol. The molecule has 1 rings (SSSR count). The molecule has 1 heterocycles. The van der Waals surface area contributed by atoms with Crippen LogP contribution < -0.4 is 0 Å². The summed E-state index contributed by atoms with van der Waals surface area (Å²) in [5, 5.41) is 0. The molecule has 1 aliphatic heterocycles. The molecule has 0 bridgehead atoms. The van der Waals surface area contributed by atoms with Gasteiger partial charge in [-0.25, -0.2) is 0 Å². The van der Waals surface area contributed by atoms with Crippen LogP contribution >= 0.6 is 0 Å². The average Bonchev–Trinajstić information content (AvgIpc) is 2.36. The molecule has 3 heteroatoms. The number of rotatable bonds is 5. The summed E-state index contributed by atoms with van der Waals surface area (Å²) in [5.41, 5.74) is 0.312. The minimum absolute atomic E-state index is 0.00280. The van der Waals surface area contributed by atoms with E-state index >= 15 is 0 Å². The summed E-state index contributed by atoms with van der Waals surface area (Å²) in [6.07, 6.45) is 2.12. The number of hydrogen-bond donors (Lipinski definition) is 0. The second-order valence-corrected chi connectivity index (χ2v) is 8.92. The van der Waals surface area contributed by atoms with Crippen LogP contribution in [0.3, 0.4) is 0 Å². The van der Waals surface area contributed by atoms with Crippen LogP contribution in [0.2, 0.25) is 0 Å². The minimum Gasteiger partial charge on any atom is -0.373 e. The van der Waals surface area contributed by atoms with Crippen molar-refractivity contribution in [3.05, 3.63) is 0 Å². The van der Waals surface area contributed by atoms with Crippen LogP contribution in [0.1, 0.15) is 68.2 Å². The molecule has 5 atom stereocenters. The molecular weight excluding hydrogens is 276 g/mol. The molecule has 1 saturated heterocycles. The Hall–Kier alpha value is -0.120. The fraction of sp³-hybridized carbons (Fsp3) is 1.00. The van der Waals surface area contributed by atoms with Crippen molar-refractivity contribution < 1.29 is 14.2 Å². The van der Waals surface area contributed by atoms with E-state index in [1.807, 2.05) is 0 Å². The summed E-state index contributed by atoms with van der Waals surface area (Å²) in [6, 6.07) is 0. The number of ether oxygens (including phenoxy) is 3. The van der Waals surface area contributed by atoms with Crippen molar-refractivity contribution in [3.63, 3.8) is 0 Å². The summed E-state index contributed by atoms with van der Waals surface area (Å²) in [6.45, 7) is 19.0. The first-order valence-corrected chi connectivity index (χ1v) is 8.83. The Balaban J connectivity index is 3.14. The topological polar surface area (TPSA) is 27.7 Å². The first-order valence-electron chi connectivity index (χ1n) is 8.83. The van der Waals surface area contributed by atoms with Gasteiger partial charge in [0.05, 0.1) is 6.10 Å².